The molecule has 4 heterocycles. The highest BCUT2D eigenvalue weighted by atomic mass is 16.5. The Labute approximate surface area is 197 Å². The van der Waals surface area contributed by atoms with Gasteiger partial charge in [-0.15, -0.1) is 5.10 Å². The maximum atomic E-state index is 13.1. The average molecular weight is 461 g/mol. The van der Waals surface area contributed by atoms with Crippen molar-refractivity contribution in [3.05, 3.63) is 46.6 Å². The maximum absolute atomic E-state index is 13.1. The number of nitrogens with zero attached hydrogens (tertiary/aromatic N) is 4. The van der Waals surface area contributed by atoms with Crippen molar-refractivity contribution >= 4 is 23.3 Å². The monoisotopic (exact) mass is 460 g/mol. The van der Waals surface area contributed by atoms with E-state index in [2.05, 4.69) is 17.3 Å². The maximum Gasteiger partial charge on any atom is 0.259 e. The van der Waals surface area contributed by atoms with Crippen molar-refractivity contribution in [3.63, 3.8) is 0 Å². The Morgan fingerprint density at radius 3 is 2.76 bits per heavy atom. The molecule has 1 saturated heterocycles. The van der Waals surface area contributed by atoms with Crippen molar-refractivity contribution < 1.29 is 14.3 Å². The van der Waals surface area contributed by atoms with E-state index in [1.807, 2.05) is 36.9 Å². The molecule has 9 heteroatoms. The molecule has 3 aliphatic rings. The Kier molecular flexibility index (Phi) is 4.51. The average Bonchev–Trinajstić information content (AvgIpc) is 3.49. The van der Waals surface area contributed by atoms with E-state index in [-0.39, 0.29) is 29.2 Å². The van der Waals surface area contributed by atoms with E-state index in [1.54, 1.807) is 6.20 Å². The lowest BCUT2D eigenvalue weighted by atomic mass is 9.98. The summed E-state index contributed by atoms with van der Waals surface area (Å²) in [7, 11) is 0. The van der Waals surface area contributed by atoms with Gasteiger partial charge in [0.25, 0.3) is 11.8 Å². The van der Waals surface area contributed by atoms with Gasteiger partial charge in [-0.1, -0.05) is 0 Å². The Balaban J connectivity index is 1.36. The number of aryl methyl sites for hydroxylation is 1. The van der Waals surface area contributed by atoms with Crippen LogP contribution in [0.2, 0.25) is 0 Å². The number of aromatic nitrogens is 3. The normalized spacial score (nSPS) is 19.7. The molecule has 1 aliphatic carbocycles. The summed E-state index contributed by atoms with van der Waals surface area (Å²) >= 11 is 0. The fraction of sp³-hybridized carbons (Fsp3) is 0.440. The first-order chi connectivity index (χ1) is 16.2. The molecule has 0 radical (unpaired) electrons. The first-order valence-corrected chi connectivity index (χ1v) is 11.7. The molecular weight excluding hydrogens is 432 g/mol. The van der Waals surface area contributed by atoms with E-state index in [9.17, 15) is 9.59 Å². The van der Waals surface area contributed by atoms with Gasteiger partial charge in [-0.25, -0.2) is 9.50 Å². The number of hydrogen-bond acceptors (Lipinski definition) is 6. The topological polar surface area (TPSA) is 115 Å². The molecule has 1 aromatic carbocycles. The summed E-state index contributed by atoms with van der Waals surface area (Å²) < 4.78 is 6.76. The molecule has 9 nitrogen and oxygen atoms in total. The number of carbonyl (C=O) groups excluding carboxylic acids is 2. The van der Waals surface area contributed by atoms with Crippen LogP contribution in [-0.4, -0.2) is 56.1 Å². The Morgan fingerprint density at radius 2 is 2.09 bits per heavy atom. The molecule has 0 bridgehead atoms. The number of amides is 2. The summed E-state index contributed by atoms with van der Waals surface area (Å²) in [4.78, 5) is 32.9. The predicted octanol–water partition coefficient (Wildman–Crippen LogP) is 2.56. The van der Waals surface area contributed by atoms with E-state index < -0.39 is 5.54 Å². The van der Waals surface area contributed by atoms with Gasteiger partial charge in [-0.3, -0.25) is 9.59 Å². The fourth-order valence-corrected chi connectivity index (χ4v) is 5.14. The molecule has 2 aliphatic heterocycles. The van der Waals surface area contributed by atoms with Gasteiger partial charge in [-0.2, -0.15) is 0 Å². The lowest BCUT2D eigenvalue weighted by Crippen LogP contribution is -2.59. The molecule has 34 heavy (non-hydrogen) atoms. The standard InChI is InChI=1S/C25H28N6O3/c1-13-8-16(9-17-10-30(24(33)19(13)17)14(2)15-4-5-15)18-6-7-31-22(27-18)20(21(26)29-31)23(32)28-25(3)11-34-12-25/h6-9,14-15H,4-5,10-12H2,1-3H3,(H2,26,29)(H,28,32)/t14-/m0/s1. The van der Waals surface area contributed by atoms with E-state index in [1.165, 1.54) is 17.4 Å². The molecule has 2 aromatic heterocycles. The van der Waals surface area contributed by atoms with E-state index >= 15 is 0 Å². The summed E-state index contributed by atoms with van der Waals surface area (Å²) in [5.74, 6) is 0.556. The van der Waals surface area contributed by atoms with Crippen LogP contribution in [0.5, 0.6) is 0 Å². The van der Waals surface area contributed by atoms with E-state index in [0.717, 1.165) is 22.3 Å². The molecule has 176 valence electrons. The fourth-order valence-electron chi connectivity index (χ4n) is 5.14. The smallest absolute Gasteiger partial charge is 0.259 e. The van der Waals surface area contributed by atoms with Gasteiger partial charge in [0.2, 0.25) is 0 Å². The molecule has 3 N–H and O–H groups in total. The molecule has 2 fully saturated rings. The summed E-state index contributed by atoms with van der Waals surface area (Å²) in [6, 6.07) is 6.15. The van der Waals surface area contributed by atoms with Crippen molar-refractivity contribution in [2.24, 2.45) is 5.92 Å². The third-order valence-corrected chi connectivity index (χ3v) is 7.32. The lowest BCUT2D eigenvalue weighted by molar-refractivity contribution is -0.0593. The first-order valence-electron chi connectivity index (χ1n) is 11.7. The number of ether oxygens (including phenoxy) is 1. The number of nitrogens with two attached hydrogens (primary N) is 1. The van der Waals surface area contributed by atoms with Gasteiger partial charge in [-0.05, 0) is 68.9 Å². The van der Waals surface area contributed by atoms with Crippen molar-refractivity contribution in [2.75, 3.05) is 18.9 Å². The zero-order chi connectivity index (χ0) is 23.8. The van der Waals surface area contributed by atoms with Crippen LogP contribution in [0, 0.1) is 12.8 Å². The second-order valence-corrected chi connectivity index (χ2v) is 10.2. The highest BCUT2D eigenvalue weighted by molar-refractivity contribution is 6.05. The van der Waals surface area contributed by atoms with Crippen molar-refractivity contribution in [1.29, 1.82) is 0 Å². The largest absolute Gasteiger partial charge is 0.381 e. The molecule has 3 aromatic rings. The Bertz CT molecular complexity index is 1350. The van der Waals surface area contributed by atoms with Crippen LogP contribution < -0.4 is 11.1 Å². The van der Waals surface area contributed by atoms with Crippen LogP contribution in [-0.2, 0) is 11.3 Å². The minimum atomic E-state index is -0.414. The van der Waals surface area contributed by atoms with Crippen molar-refractivity contribution in [2.45, 2.75) is 51.7 Å². The third-order valence-electron chi connectivity index (χ3n) is 7.32. The SMILES string of the molecule is Cc1cc(-c2ccn3nc(N)c(C(=O)NC4(C)COC4)c3n2)cc2c1C(=O)N([C@@H](C)C1CC1)C2. The predicted molar refractivity (Wildman–Crippen MR) is 126 cm³/mol. The summed E-state index contributed by atoms with van der Waals surface area (Å²) in [5, 5.41) is 7.25. The number of carbonyl (C=O) groups is 2. The zero-order valence-electron chi connectivity index (χ0n) is 19.6. The van der Waals surface area contributed by atoms with Crippen LogP contribution in [0.15, 0.2) is 24.4 Å². The summed E-state index contributed by atoms with van der Waals surface area (Å²) in [6.45, 7) is 7.59. The number of nitrogens with one attached hydrogen (secondary N) is 1. The summed E-state index contributed by atoms with van der Waals surface area (Å²) in [5.41, 5.74) is 10.7. The molecular formula is C25H28N6O3. The second-order valence-electron chi connectivity index (χ2n) is 10.2. The first kappa shape index (κ1) is 21.1. The van der Waals surface area contributed by atoms with Crippen LogP contribution >= 0.6 is 0 Å². The van der Waals surface area contributed by atoms with E-state index in [0.29, 0.717) is 37.0 Å². The number of fused-ring (bicyclic) bond motifs is 2. The molecule has 0 unspecified atom stereocenters. The quantitative estimate of drug-likeness (QED) is 0.605. The molecule has 6 rings (SSSR count). The zero-order valence-corrected chi connectivity index (χ0v) is 19.6. The van der Waals surface area contributed by atoms with Crippen molar-refractivity contribution in [3.8, 4) is 11.3 Å². The van der Waals surface area contributed by atoms with Gasteiger partial charge >= 0.3 is 0 Å². The number of hydrogen-bond donors (Lipinski definition) is 2. The minimum Gasteiger partial charge on any atom is -0.381 e. The van der Waals surface area contributed by atoms with Gasteiger partial charge < -0.3 is 20.7 Å². The number of nitrogen functional groups attached to an aromatic ring is 1. The lowest BCUT2D eigenvalue weighted by Gasteiger charge is -2.38. The molecule has 1 saturated carbocycles. The Morgan fingerprint density at radius 1 is 1.32 bits per heavy atom. The highest BCUT2D eigenvalue weighted by Gasteiger charge is 2.39. The third kappa shape index (κ3) is 3.26. The van der Waals surface area contributed by atoms with Crippen LogP contribution in [0.4, 0.5) is 5.82 Å². The van der Waals surface area contributed by atoms with Crippen LogP contribution in [0.3, 0.4) is 0 Å². The molecule has 0 spiro atoms. The van der Waals surface area contributed by atoms with Gasteiger partial charge in [0.05, 0.1) is 24.4 Å². The number of benzene rings is 1. The van der Waals surface area contributed by atoms with Gasteiger partial charge in [0, 0.05) is 29.9 Å². The molecule has 2 amide bonds. The number of rotatable bonds is 5. The van der Waals surface area contributed by atoms with E-state index in [4.69, 9.17) is 15.5 Å². The van der Waals surface area contributed by atoms with Gasteiger partial charge in [0.15, 0.2) is 11.5 Å². The van der Waals surface area contributed by atoms with Crippen molar-refractivity contribution in [1.82, 2.24) is 24.8 Å². The second kappa shape index (κ2) is 7.27. The Hall–Kier alpha value is -3.46. The molecule has 1 atom stereocenters. The minimum absolute atomic E-state index is 0.123. The van der Waals surface area contributed by atoms with Crippen LogP contribution in [0.1, 0.15) is 58.5 Å². The highest BCUT2D eigenvalue weighted by Crippen LogP contribution is 2.39. The van der Waals surface area contributed by atoms with Crippen LogP contribution in [0.25, 0.3) is 16.9 Å². The summed E-state index contributed by atoms with van der Waals surface area (Å²) in [6.07, 6.45) is 4.16. The van der Waals surface area contributed by atoms with Gasteiger partial charge in [0.1, 0.15) is 5.56 Å². The number of anilines is 1.